The van der Waals surface area contributed by atoms with Crippen LogP contribution in [0.1, 0.15) is 31.1 Å². The lowest BCUT2D eigenvalue weighted by atomic mass is 10.0. The molecule has 1 aliphatic heterocycles. The number of halogens is 1. The van der Waals surface area contributed by atoms with Crippen molar-refractivity contribution in [3.8, 4) is 11.3 Å². The van der Waals surface area contributed by atoms with Crippen molar-refractivity contribution < 1.29 is 12.8 Å². The van der Waals surface area contributed by atoms with Crippen LogP contribution in [0, 0.1) is 5.82 Å². The van der Waals surface area contributed by atoms with Crippen molar-refractivity contribution in [2.75, 3.05) is 12.8 Å². The number of imidazole rings is 1. The van der Waals surface area contributed by atoms with Crippen LogP contribution in [0.2, 0.25) is 0 Å². The Labute approximate surface area is 129 Å². The van der Waals surface area contributed by atoms with E-state index >= 15 is 0 Å². The van der Waals surface area contributed by atoms with E-state index in [1.54, 1.807) is 18.3 Å². The van der Waals surface area contributed by atoms with Gasteiger partial charge in [-0.3, -0.25) is 0 Å². The highest BCUT2D eigenvalue weighted by Crippen LogP contribution is 2.32. The van der Waals surface area contributed by atoms with Crippen LogP contribution in [-0.2, 0) is 10.0 Å². The average Bonchev–Trinajstić information content (AvgIpc) is 2.96. The number of rotatable bonds is 3. The summed E-state index contributed by atoms with van der Waals surface area (Å²) in [6, 6.07) is 5.95. The summed E-state index contributed by atoms with van der Waals surface area (Å²) in [4.78, 5) is 7.47. The molecule has 0 spiro atoms. The Morgan fingerprint density at radius 1 is 1.36 bits per heavy atom. The van der Waals surface area contributed by atoms with E-state index in [0.29, 0.717) is 23.6 Å². The summed E-state index contributed by atoms with van der Waals surface area (Å²) in [6.07, 6.45) is 5.41. The molecule has 118 valence electrons. The number of benzene rings is 1. The van der Waals surface area contributed by atoms with Gasteiger partial charge in [-0.1, -0.05) is 18.6 Å². The van der Waals surface area contributed by atoms with Gasteiger partial charge in [0.05, 0.1) is 24.2 Å². The highest BCUT2D eigenvalue weighted by Gasteiger charge is 2.32. The number of aromatic nitrogens is 2. The van der Waals surface area contributed by atoms with Crippen LogP contribution in [-0.4, -0.2) is 35.5 Å². The molecule has 22 heavy (non-hydrogen) atoms. The van der Waals surface area contributed by atoms with Crippen LogP contribution in [0.3, 0.4) is 0 Å². The second-order valence-electron chi connectivity index (χ2n) is 5.58. The average molecular weight is 323 g/mol. The standard InChI is InChI=1S/C15H18FN3O2S/c1-22(20,21)19-8-3-2-7-14(19)15-17-10-13(18-15)11-5-4-6-12(16)9-11/h4-6,9-10,14H,2-3,7-8H2,1H3,(H,17,18). The first-order valence-electron chi connectivity index (χ1n) is 7.23. The first kappa shape index (κ1) is 15.2. The number of nitrogens with zero attached hydrogens (tertiary/aromatic N) is 2. The Kier molecular flexibility index (Phi) is 4.01. The lowest BCUT2D eigenvalue weighted by molar-refractivity contribution is 0.249. The van der Waals surface area contributed by atoms with E-state index in [1.165, 1.54) is 22.7 Å². The molecule has 0 amide bonds. The lowest BCUT2D eigenvalue weighted by Crippen LogP contribution is -2.38. The quantitative estimate of drug-likeness (QED) is 0.944. The van der Waals surface area contributed by atoms with Crippen molar-refractivity contribution in [1.82, 2.24) is 14.3 Å². The molecular formula is C15H18FN3O2S. The highest BCUT2D eigenvalue weighted by molar-refractivity contribution is 7.88. The largest absolute Gasteiger partial charge is 0.341 e. The smallest absolute Gasteiger partial charge is 0.211 e. The van der Waals surface area contributed by atoms with Crippen molar-refractivity contribution in [3.05, 3.63) is 42.1 Å². The topological polar surface area (TPSA) is 66.1 Å². The first-order chi connectivity index (χ1) is 10.4. The van der Waals surface area contributed by atoms with Crippen LogP contribution < -0.4 is 0 Å². The molecule has 0 bridgehead atoms. The second-order valence-corrected chi connectivity index (χ2v) is 7.51. The molecule has 7 heteroatoms. The van der Waals surface area contributed by atoms with Gasteiger partial charge in [-0.05, 0) is 25.0 Å². The maximum Gasteiger partial charge on any atom is 0.211 e. The van der Waals surface area contributed by atoms with Crippen molar-refractivity contribution >= 4 is 10.0 Å². The Balaban J connectivity index is 1.92. The minimum absolute atomic E-state index is 0.272. The van der Waals surface area contributed by atoms with E-state index in [2.05, 4.69) is 9.97 Å². The minimum atomic E-state index is -3.27. The van der Waals surface area contributed by atoms with E-state index in [9.17, 15) is 12.8 Å². The molecule has 0 aliphatic carbocycles. The number of hydrogen-bond donors (Lipinski definition) is 1. The maximum atomic E-state index is 13.3. The molecule has 1 N–H and O–H groups in total. The lowest BCUT2D eigenvalue weighted by Gasteiger charge is -2.32. The third-order valence-electron chi connectivity index (χ3n) is 3.93. The molecule has 1 aliphatic rings. The number of hydrogen-bond acceptors (Lipinski definition) is 3. The van der Waals surface area contributed by atoms with Gasteiger partial charge >= 0.3 is 0 Å². The fraction of sp³-hybridized carbons (Fsp3) is 0.400. The molecule has 1 saturated heterocycles. The van der Waals surface area contributed by atoms with Gasteiger partial charge < -0.3 is 4.98 Å². The highest BCUT2D eigenvalue weighted by atomic mass is 32.2. The molecule has 1 aromatic heterocycles. The zero-order valence-electron chi connectivity index (χ0n) is 12.3. The van der Waals surface area contributed by atoms with Gasteiger partial charge in [-0.25, -0.2) is 17.8 Å². The van der Waals surface area contributed by atoms with Gasteiger partial charge in [-0.15, -0.1) is 0 Å². The monoisotopic (exact) mass is 323 g/mol. The Bertz CT molecular complexity index is 773. The molecule has 1 fully saturated rings. The van der Waals surface area contributed by atoms with E-state index in [4.69, 9.17) is 0 Å². The Morgan fingerprint density at radius 2 is 2.18 bits per heavy atom. The van der Waals surface area contributed by atoms with Crippen LogP contribution in [0.4, 0.5) is 4.39 Å². The normalized spacial score (nSPS) is 20.2. The molecule has 2 heterocycles. The summed E-state index contributed by atoms with van der Waals surface area (Å²) in [5.41, 5.74) is 1.38. The molecule has 1 unspecified atom stereocenters. The second kappa shape index (κ2) is 5.81. The van der Waals surface area contributed by atoms with Crippen LogP contribution in [0.15, 0.2) is 30.5 Å². The van der Waals surface area contributed by atoms with Gasteiger partial charge in [0.25, 0.3) is 0 Å². The van der Waals surface area contributed by atoms with E-state index < -0.39 is 10.0 Å². The Morgan fingerprint density at radius 3 is 2.91 bits per heavy atom. The predicted octanol–water partition coefficient (Wildman–Crippen LogP) is 2.70. The summed E-state index contributed by atoms with van der Waals surface area (Å²) < 4.78 is 38.7. The predicted molar refractivity (Wildman–Crippen MR) is 82.1 cm³/mol. The number of piperidine rings is 1. The fourth-order valence-electron chi connectivity index (χ4n) is 2.88. The van der Waals surface area contributed by atoms with E-state index in [1.807, 2.05) is 0 Å². The minimum Gasteiger partial charge on any atom is -0.341 e. The van der Waals surface area contributed by atoms with Crippen molar-refractivity contribution in [1.29, 1.82) is 0 Å². The van der Waals surface area contributed by atoms with Crippen LogP contribution >= 0.6 is 0 Å². The first-order valence-corrected chi connectivity index (χ1v) is 9.07. The zero-order chi connectivity index (χ0) is 15.7. The SMILES string of the molecule is CS(=O)(=O)N1CCCCC1c1ncc(-c2cccc(F)c2)[nH]1. The number of sulfonamides is 1. The number of H-pyrrole nitrogens is 1. The molecule has 1 atom stereocenters. The molecule has 5 nitrogen and oxygen atoms in total. The van der Waals surface area contributed by atoms with Crippen LogP contribution in [0.25, 0.3) is 11.3 Å². The molecule has 3 rings (SSSR count). The molecule has 2 aromatic rings. The summed E-state index contributed by atoms with van der Waals surface area (Å²) in [5.74, 6) is 0.300. The fourth-order valence-corrected chi connectivity index (χ4v) is 4.01. The van der Waals surface area contributed by atoms with Crippen molar-refractivity contribution in [2.24, 2.45) is 0 Å². The van der Waals surface area contributed by atoms with E-state index in [0.717, 1.165) is 19.3 Å². The van der Waals surface area contributed by atoms with Gasteiger partial charge in [-0.2, -0.15) is 4.31 Å². The summed E-state index contributed by atoms with van der Waals surface area (Å²) in [7, 11) is -3.27. The Hall–Kier alpha value is -1.73. The molecule has 0 radical (unpaired) electrons. The third-order valence-corrected chi connectivity index (χ3v) is 5.22. The van der Waals surface area contributed by atoms with E-state index in [-0.39, 0.29) is 11.9 Å². The zero-order valence-corrected chi connectivity index (χ0v) is 13.1. The van der Waals surface area contributed by atoms with Crippen molar-refractivity contribution in [3.63, 3.8) is 0 Å². The van der Waals surface area contributed by atoms with Gasteiger partial charge in [0.15, 0.2) is 0 Å². The summed E-state index contributed by atoms with van der Waals surface area (Å²) in [6.45, 7) is 0.513. The van der Waals surface area contributed by atoms with Crippen LogP contribution in [0.5, 0.6) is 0 Å². The van der Waals surface area contributed by atoms with Crippen molar-refractivity contribution in [2.45, 2.75) is 25.3 Å². The van der Waals surface area contributed by atoms with Gasteiger partial charge in [0, 0.05) is 12.1 Å². The number of aromatic amines is 1. The molecule has 0 saturated carbocycles. The van der Waals surface area contributed by atoms with Gasteiger partial charge in [0.1, 0.15) is 11.6 Å². The molecule has 1 aromatic carbocycles. The third kappa shape index (κ3) is 3.05. The summed E-state index contributed by atoms with van der Waals surface area (Å²) in [5, 5.41) is 0. The van der Waals surface area contributed by atoms with Gasteiger partial charge in [0.2, 0.25) is 10.0 Å². The molecular weight excluding hydrogens is 305 g/mol. The summed E-state index contributed by atoms with van der Waals surface area (Å²) >= 11 is 0. The number of nitrogens with one attached hydrogen (secondary N) is 1. The maximum absolute atomic E-state index is 13.3.